The second kappa shape index (κ2) is 8.14. The molecule has 4 amide bonds. The molecule has 2 saturated heterocycles. The van der Waals surface area contributed by atoms with E-state index in [1.165, 1.54) is 0 Å². The van der Waals surface area contributed by atoms with Crippen LogP contribution in [-0.2, 0) is 9.59 Å². The molecule has 8 heteroatoms. The van der Waals surface area contributed by atoms with Gasteiger partial charge in [0.25, 0.3) is 5.91 Å². The number of hydrogen-bond acceptors (Lipinski definition) is 5. The van der Waals surface area contributed by atoms with E-state index in [1.54, 1.807) is 4.90 Å². The summed E-state index contributed by atoms with van der Waals surface area (Å²) in [5.41, 5.74) is -0.816. The number of aliphatic hydroxyl groups excluding tert-OH is 1. The van der Waals surface area contributed by atoms with Crippen LogP contribution in [0.5, 0.6) is 0 Å². The van der Waals surface area contributed by atoms with Crippen molar-refractivity contribution in [1.29, 1.82) is 0 Å². The minimum absolute atomic E-state index is 0.0933. The average Bonchev–Trinajstić information content (AvgIpc) is 2.90. The van der Waals surface area contributed by atoms with Gasteiger partial charge in [0.05, 0.1) is 6.61 Å². The molecule has 3 unspecified atom stereocenters. The molecule has 2 N–H and O–H groups in total. The maximum absolute atomic E-state index is 13.0. The van der Waals surface area contributed by atoms with Crippen molar-refractivity contribution in [1.82, 2.24) is 20.0 Å². The highest BCUT2D eigenvalue weighted by molar-refractivity contribution is 6.09. The van der Waals surface area contributed by atoms with Crippen molar-refractivity contribution in [3.63, 3.8) is 0 Å². The van der Waals surface area contributed by atoms with Crippen molar-refractivity contribution >= 4 is 17.8 Å². The molecule has 8 nitrogen and oxygen atoms in total. The molecule has 0 aromatic carbocycles. The van der Waals surface area contributed by atoms with Crippen molar-refractivity contribution < 1.29 is 19.5 Å². The Labute approximate surface area is 160 Å². The number of rotatable bonds is 5. The number of piperazine rings is 1. The van der Waals surface area contributed by atoms with Crippen LogP contribution in [-0.4, -0.2) is 88.6 Å². The molecule has 1 saturated carbocycles. The summed E-state index contributed by atoms with van der Waals surface area (Å²) in [5, 5.41) is 12.3. The molecular weight excluding hydrogens is 348 g/mol. The van der Waals surface area contributed by atoms with Crippen LogP contribution < -0.4 is 5.32 Å². The zero-order chi connectivity index (χ0) is 19.6. The smallest absolute Gasteiger partial charge is 0.325 e. The Bertz CT molecular complexity index is 586. The first-order chi connectivity index (χ1) is 12.9. The molecule has 152 valence electrons. The van der Waals surface area contributed by atoms with Gasteiger partial charge in [-0.25, -0.2) is 4.79 Å². The van der Waals surface area contributed by atoms with Crippen LogP contribution in [0, 0.1) is 5.92 Å². The van der Waals surface area contributed by atoms with Crippen LogP contribution in [0.15, 0.2) is 0 Å². The van der Waals surface area contributed by atoms with E-state index >= 15 is 0 Å². The van der Waals surface area contributed by atoms with E-state index in [0.29, 0.717) is 32.6 Å². The lowest BCUT2D eigenvalue weighted by atomic mass is 9.73. The Balaban J connectivity index is 1.58. The third kappa shape index (κ3) is 3.69. The van der Waals surface area contributed by atoms with Gasteiger partial charge in [0.2, 0.25) is 5.91 Å². The van der Waals surface area contributed by atoms with Crippen molar-refractivity contribution in [3.05, 3.63) is 0 Å². The van der Waals surface area contributed by atoms with E-state index in [0.717, 1.165) is 30.6 Å². The SMILES string of the molecule is CCC(CO)N1CCN(C(=O)CN2C(=O)NC3(CCCCC3C)C2=O)CC1. The zero-order valence-corrected chi connectivity index (χ0v) is 16.4. The van der Waals surface area contributed by atoms with Crippen molar-refractivity contribution in [2.24, 2.45) is 5.92 Å². The zero-order valence-electron chi connectivity index (χ0n) is 16.4. The maximum Gasteiger partial charge on any atom is 0.325 e. The molecule has 1 spiro atoms. The van der Waals surface area contributed by atoms with Gasteiger partial charge in [0.15, 0.2) is 0 Å². The van der Waals surface area contributed by atoms with Crippen molar-refractivity contribution in [2.75, 3.05) is 39.3 Å². The molecule has 2 heterocycles. The lowest BCUT2D eigenvalue weighted by Gasteiger charge is -2.39. The molecule has 0 radical (unpaired) electrons. The first-order valence-electron chi connectivity index (χ1n) is 10.2. The number of imide groups is 1. The van der Waals surface area contributed by atoms with Crippen molar-refractivity contribution in [2.45, 2.75) is 57.5 Å². The third-order valence-electron chi connectivity index (χ3n) is 6.66. The molecule has 2 aliphatic heterocycles. The van der Waals surface area contributed by atoms with E-state index in [9.17, 15) is 19.5 Å². The minimum atomic E-state index is -0.816. The van der Waals surface area contributed by atoms with Gasteiger partial charge in [-0.15, -0.1) is 0 Å². The van der Waals surface area contributed by atoms with Crippen LogP contribution in [0.3, 0.4) is 0 Å². The van der Waals surface area contributed by atoms with E-state index in [4.69, 9.17) is 0 Å². The van der Waals surface area contributed by atoms with E-state index in [2.05, 4.69) is 10.2 Å². The molecule has 3 atom stereocenters. The summed E-state index contributed by atoms with van der Waals surface area (Å²) in [6.07, 6.45) is 4.43. The van der Waals surface area contributed by atoms with Gasteiger partial charge in [-0.2, -0.15) is 0 Å². The van der Waals surface area contributed by atoms with Gasteiger partial charge in [-0.1, -0.05) is 26.7 Å². The standard InChI is InChI=1S/C19H32N4O4/c1-3-15(13-24)21-8-10-22(11-9-21)16(25)12-23-17(26)19(20-18(23)27)7-5-4-6-14(19)2/h14-15,24H,3-13H2,1-2H3,(H,20,27). The molecule has 0 aromatic rings. The van der Waals surface area contributed by atoms with Crippen LogP contribution in [0.4, 0.5) is 4.79 Å². The summed E-state index contributed by atoms with van der Waals surface area (Å²) >= 11 is 0. The maximum atomic E-state index is 13.0. The van der Waals surface area contributed by atoms with E-state index in [-0.39, 0.29) is 36.9 Å². The lowest BCUT2D eigenvalue weighted by molar-refractivity contribution is -0.141. The molecule has 3 fully saturated rings. The van der Waals surface area contributed by atoms with E-state index in [1.807, 2.05) is 13.8 Å². The first-order valence-corrected chi connectivity index (χ1v) is 10.2. The summed E-state index contributed by atoms with van der Waals surface area (Å²) in [7, 11) is 0. The summed E-state index contributed by atoms with van der Waals surface area (Å²) < 4.78 is 0. The van der Waals surface area contributed by atoms with E-state index < -0.39 is 11.6 Å². The quantitative estimate of drug-likeness (QED) is 0.674. The summed E-state index contributed by atoms with van der Waals surface area (Å²) in [6, 6.07) is -0.312. The third-order valence-corrected chi connectivity index (χ3v) is 6.66. The van der Waals surface area contributed by atoms with Crippen LogP contribution in [0.25, 0.3) is 0 Å². The average molecular weight is 380 g/mol. The summed E-state index contributed by atoms with van der Waals surface area (Å²) in [4.78, 5) is 43.1. The molecular formula is C19H32N4O4. The number of carbonyl (C=O) groups excluding carboxylic acids is 3. The van der Waals surface area contributed by atoms with Crippen LogP contribution >= 0.6 is 0 Å². The second-order valence-corrected chi connectivity index (χ2v) is 8.10. The Morgan fingerprint density at radius 1 is 1.26 bits per heavy atom. The normalized spacial score (nSPS) is 30.7. The first kappa shape index (κ1) is 20.1. The highest BCUT2D eigenvalue weighted by atomic mass is 16.3. The molecule has 0 aromatic heterocycles. The Kier molecular flexibility index (Phi) is 6.05. The molecule has 3 rings (SSSR count). The molecule has 0 bridgehead atoms. The fraction of sp³-hybridized carbons (Fsp3) is 0.842. The minimum Gasteiger partial charge on any atom is -0.395 e. The van der Waals surface area contributed by atoms with Crippen molar-refractivity contribution in [3.8, 4) is 0 Å². The highest BCUT2D eigenvalue weighted by Gasteiger charge is 2.55. The van der Waals surface area contributed by atoms with Gasteiger partial charge in [0.1, 0.15) is 12.1 Å². The van der Waals surface area contributed by atoms with Gasteiger partial charge in [-0.05, 0) is 25.2 Å². The number of urea groups is 1. The van der Waals surface area contributed by atoms with Crippen LogP contribution in [0.2, 0.25) is 0 Å². The summed E-state index contributed by atoms with van der Waals surface area (Å²) in [6.45, 7) is 6.49. The molecule has 1 aliphatic carbocycles. The largest absolute Gasteiger partial charge is 0.395 e. The number of carbonyl (C=O) groups is 3. The predicted molar refractivity (Wildman–Crippen MR) is 99.9 cm³/mol. The summed E-state index contributed by atoms with van der Waals surface area (Å²) in [5.74, 6) is -0.329. The number of amides is 4. The Morgan fingerprint density at radius 3 is 2.56 bits per heavy atom. The molecule has 3 aliphatic rings. The van der Waals surface area contributed by atoms with Gasteiger partial charge in [-0.3, -0.25) is 19.4 Å². The highest BCUT2D eigenvalue weighted by Crippen LogP contribution is 2.38. The van der Waals surface area contributed by atoms with Gasteiger partial charge in [0, 0.05) is 32.2 Å². The Hall–Kier alpha value is -1.67. The van der Waals surface area contributed by atoms with Gasteiger partial charge < -0.3 is 15.3 Å². The van der Waals surface area contributed by atoms with Gasteiger partial charge >= 0.3 is 6.03 Å². The van der Waals surface area contributed by atoms with Crippen LogP contribution in [0.1, 0.15) is 46.0 Å². The fourth-order valence-electron chi connectivity index (χ4n) is 4.71. The topological polar surface area (TPSA) is 93.2 Å². The fourth-order valence-corrected chi connectivity index (χ4v) is 4.71. The monoisotopic (exact) mass is 380 g/mol. The number of nitrogens with one attached hydrogen (secondary N) is 1. The molecule has 27 heavy (non-hydrogen) atoms. The lowest BCUT2D eigenvalue weighted by Crippen LogP contribution is -2.55. The number of aliphatic hydroxyl groups is 1. The number of nitrogens with zero attached hydrogens (tertiary/aromatic N) is 3. The Morgan fingerprint density at radius 2 is 1.96 bits per heavy atom. The predicted octanol–water partition coefficient (Wildman–Crippen LogP) is 0.402. The second-order valence-electron chi connectivity index (χ2n) is 8.10. The number of hydrogen-bond donors (Lipinski definition) is 2.